The lowest BCUT2D eigenvalue weighted by Gasteiger charge is -2.14. The molecule has 26 heavy (non-hydrogen) atoms. The van der Waals surface area contributed by atoms with Crippen molar-refractivity contribution < 1.29 is 13.2 Å². The van der Waals surface area contributed by atoms with Crippen LogP contribution in [0.4, 0.5) is 18.9 Å². The Bertz CT molecular complexity index is 945. The molecule has 0 saturated heterocycles. The van der Waals surface area contributed by atoms with Gasteiger partial charge < -0.3 is 10.3 Å². The maximum atomic E-state index is 13.0. The smallest absolute Gasteiger partial charge is 0.337 e. The van der Waals surface area contributed by atoms with E-state index < -0.39 is 11.7 Å². The minimum Gasteiger partial charge on any atom is -0.337 e. The average Bonchev–Trinajstić information content (AvgIpc) is 3.03. The van der Waals surface area contributed by atoms with Gasteiger partial charge in [-0.2, -0.15) is 18.3 Å². The number of hydrazone groups is 1. The van der Waals surface area contributed by atoms with Gasteiger partial charge in [-0.1, -0.05) is 24.3 Å². The van der Waals surface area contributed by atoms with Crippen LogP contribution in [0.5, 0.6) is 0 Å². The zero-order valence-corrected chi connectivity index (χ0v) is 14.4. The molecule has 9 heteroatoms. The van der Waals surface area contributed by atoms with Crippen LogP contribution in [0.15, 0.2) is 53.6 Å². The lowest BCUT2D eigenvalue weighted by molar-refractivity contribution is -0.136. The molecule has 0 aliphatic rings. The van der Waals surface area contributed by atoms with E-state index in [1.165, 1.54) is 18.2 Å². The summed E-state index contributed by atoms with van der Waals surface area (Å²) < 4.78 is 39.0. The maximum Gasteiger partial charge on any atom is 0.418 e. The van der Waals surface area contributed by atoms with Gasteiger partial charge in [0.25, 0.3) is 0 Å². The monoisotopic (exact) mass is 377 g/mol. The summed E-state index contributed by atoms with van der Waals surface area (Å²) in [5.74, 6) is 0.539. The summed E-state index contributed by atoms with van der Waals surface area (Å²) in [7, 11) is 0. The van der Waals surface area contributed by atoms with Gasteiger partial charge in [0.15, 0.2) is 10.9 Å². The summed E-state index contributed by atoms with van der Waals surface area (Å²) in [5.41, 5.74) is 3.74. The minimum absolute atomic E-state index is 0.0582. The number of nitrogens with zero attached hydrogens (tertiary/aromatic N) is 2. The molecular formula is C17H14F3N5S. The number of hydrogen-bond donors (Lipinski definition) is 3. The van der Waals surface area contributed by atoms with Crippen molar-refractivity contribution in [1.82, 2.24) is 15.4 Å². The number of alkyl halides is 3. The molecule has 1 aromatic heterocycles. The van der Waals surface area contributed by atoms with Crippen molar-refractivity contribution in [3.05, 3.63) is 59.9 Å². The predicted octanol–water partition coefficient (Wildman–Crippen LogP) is 4.29. The third-order valence-corrected chi connectivity index (χ3v) is 3.73. The highest BCUT2D eigenvalue weighted by molar-refractivity contribution is 7.80. The molecule has 0 fully saturated rings. The van der Waals surface area contributed by atoms with E-state index in [0.717, 1.165) is 17.1 Å². The number of H-pyrrole nitrogens is 1. The number of anilines is 1. The van der Waals surface area contributed by atoms with Gasteiger partial charge >= 0.3 is 6.18 Å². The minimum atomic E-state index is -4.48. The van der Waals surface area contributed by atoms with E-state index in [0.29, 0.717) is 11.5 Å². The molecule has 0 aliphatic heterocycles. The van der Waals surface area contributed by atoms with Gasteiger partial charge in [-0.25, -0.2) is 4.98 Å². The lowest BCUT2D eigenvalue weighted by Crippen LogP contribution is -2.26. The van der Waals surface area contributed by atoms with Crippen LogP contribution in [0.3, 0.4) is 0 Å². The number of imidazole rings is 1. The molecule has 3 aromatic rings. The zero-order chi connectivity index (χ0) is 18.7. The Morgan fingerprint density at radius 3 is 2.54 bits per heavy atom. The number of aromatic nitrogens is 2. The normalized spacial score (nSPS) is 12.2. The van der Waals surface area contributed by atoms with Gasteiger partial charge in [0.1, 0.15) is 5.71 Å². The molecule has 3 N–H and O–H groups in total. The second-order valence-electron chi connectivity index (χ2n) is 5.41. The number of benzene rings is 2. The zero-order valence-electron chi connectivity index (χ0n) is 13.6. The van der Waals surface area contributed by atoms with E-state index in [1.807, 2.05) is 24.3 Å². The first-order valence-electron chi connectivity index (χ1n) is 7.57. The maximum absolute atomic E-state index is 13.0. The molecule has 3 rings (SSSR count). The Kier molecular flexibility index (Phi) is 4.90. The third kappa shape index (κ3) is 3.99. The summed E-state index contributed by atoms with van der Waals surface area (Å²) >= 11 is 5.02. The molecule has 0 aliphatic carbocycles. The van der Waals surface area contributed by atoms with Gasteiger partial charge in [0.05, 0.1) is 22.3 Å². The number of aromatic amines is 1. The molecule has 0 saturated carbocycles. The summed E-state index contributed by atoms with van der Waals surface area (Å²) in [6, 6.07) is 12.6. The number of hydrogen-bond acceptors (Lipinski definition) is 3. The van der Waals surface area contributed by atoms with Gasteiger partial charge in [0, 0.05) is 0 Å². The van der Waals surface area contributed by atoms with E-state index >= 15 is 0 Å². The molecule has 5 nitrogen and oxygen atoms in total. The molecule has 134 valence electrons. The fraction of sp³-hybridized carbons (Fsp3) is 0.118. The molecule has 0 bridgehead atoms. The number of rotatable bonds is 3. The molecule has 0 atom stereocenters. The van der Waals surface area contributed by atoms with Crippen LogP contribution in [0.2, 0.25) is 0 Å². The van der Waals surface area contributed by atoms with Crippen molar-refractivity contribution in [2.24, 2.45) is 5.10 Å². The molecule has 0 unspecified atom stereocenters. The molecule has 2 aromatic carbocycles. The first kappa shape index (κ1) is 17.9. The Morgan fingerprint density at radius 1 is 1.12 bits per heavy atom. The van der Waals surface area contributed by atoms with Crippen molar-refractivity contribution >= 4 is 39.8 Å². The van der Waals surface area contributed by atoms with E-state index in [2.05, 4.69) is 25.8 Å². The van der Waals surface area contributed by atoms with Crippen molar-refractivity contribution in [2.75, 3.05) is 5.32 Å². The molecular weight excluding hydrogens is 363 g/mol. The highest BCUT2D eigenvalue weighted by Gasteiger charge is 2.33. The summed E-state index contributed by atoms with van der Waals surface area (Å²) in [6.07, 6.45) is -4.48. The lowest BCUT2D eigenvalue weighted by atomic mass is 10.2. The Hall–Kier alpha value is -2.94. The van der Waals surface area contributed by atoms with Crippen LogP contribution < -0.4 is 10.7 Å². The van der Waals surface area contributed by atoms with Gasteiger partial charge in [0.2, 0.25) is 0 Å². The highest BCUT2D eigenvalue weighted by atomic mass is 32.1. The number of fused-ring (bicyclic) bond motifs is 1. The average molecular weight is 377 g/mol. The molecule has 0 spiro atoms. The van der Waals surface area contributed by atoms with Crippen LogP contribution in [0.1, 0.15) is 18.3 Å². The standard InChI is InChI=1S/C17H14F3N5S/c1-10(15-21-13-8-4-5-9-14(13)22-15)24-25-16(26)23-12-7-3-2-6-11(12)17(18,19)20/h2-9H,1H3,(H,21,22)(H2,23,25,26)/b24-10+. The summed E-state index contributed by atoms with van der Waals surface area (Å²) in [5, 5.41) is 6.52. The van der Waals surface area contributed by atoms with Crippen molar-refractivity contribution in [3.8, 4) is 0 Å². The van der Waals surface area contributed by atoms with Crippen LogP contribution in [0.25, 0.3) is 11.0 Å². The van der Waals surface area contributed by atoms with Gasteiger partial charge in [-0.15, -0.1) is 0 Å². The fourth-order valence-corrected chi connectivity index (χ4v) is 2.46. The van der Waals surface area contributed by atoms with E-state index in [-0.39, 0.29) is 10.8 Å². The Morgan fingerprint density at radius 2 is 1.81 bits per heavy atom. The van der Waals surface area contributed by atoms with Gasteiger partial charge in [-0.3, -0.25) is 5.43 Å². The number of para-hydroxylation sites is 3. The fourth-order valence-electron chi connectivity index (χ4n) is 2.30. The van der Waals surface area contributed by atoms with Crippen LogP contribution in [-0.4, -0.2) is 20.8 Å². The van der Waals surface area contributed by atoms with Crippen LogP contribution >= 0.6 is 12.2 Å². The second-order valence-corrected chi connectivity index (χ2v) is 5.82. The molecule has 1 heterocycles. The topological polar surface area (TPSA) is 65.1 Å². The summed E-state index contributed by atoms with van der Waals surface area (Å²) in [6.45, 7) is 1.71. The highest BCUT2D eigenvalue weighted by Crippen LogP contribution is 2.34. The third-order valence-electron chi connectivity index (χ3n) is 3.54. The number of thiocarbonyl (C=S) groups is 1. The van der Waals surface area contributed by atoms with Crippen molar-refractivity contribution in [3.63, 3.8) is 0 Å². The van der Waals surface area contributed by atoms with Gasteiger partial charge in [-0.05, 0) is 43.4 Å². The quantitative estimate of drug-likeness (QED) is 0.362. The first-order chi connectivity index (χ1) is 12.3. The molecule has 0 radical (unpaired) electrons. The number of nitrogens with one attached hydrogen (secondary N) is 3. The largest absolute Gasteiger partial charge is 0.418 e. The van der Waals surface area contributed by atoms with Crippen molar-refractivity contribution in [1.29, 1.82) is 0 Å². The molecule has 0 amide bonds. The Balaban J connectivity index is 1.71. The first-order valence-corrected chi connectivity index (χ1v) is 7.98. The van der Waals surface area contributed by atoms with Crippen LogP contribution in [0, 0.1) is 0 Å². The van der Waals surface area contributed by atoms with E-state index in [4.69, 9.17) is 12.2 Å². The number of halogens is 3. The van der Waals surface area contributed by atoms with E-state index in [9.17, 15) is 13.2 Å². The van der Waals surface area contributed by atoms with E-state index in [1.54, 1.807) is 6.92 Å². The Labute approximate surface area is 152 Å². The second kappa shape index (κ2) is 7.12. The van der Waals surface area contributed by atoms with Crippen LogP contribution in [-0.2, 0) is 6.18 Å². The SMILES string of the molecule is C/C(=N\NC(=S)Nc1ccccc1C(F)(F)F)c1nc2ccccc2[nH]1. The van der Waals surface area contributed by atoms with Crippen molar-refractivity contribution in [2.45, 2.75) is 13.1 Å². The predicted molar refractivity (Wildman–Crippen MR) is 99.1 cm³/mol. The summed E-state index contributed by atoms with van der Waals surface area (Å²) in [4.78, 5) is 7.49.